The van der Waals surface area contributed by atoms with Crippen molar-refractivity contribution < 1.29 is 18.0 Å². The number of halogens is 3. The van der Waals surface area contributed by atoms with Crippen LogP contribution in [0.15, 0.2) is 29.4 Å². The van der Waals surface area contributed by atoms with E-state index in [9.17, 15) is 22.9 Å². The van der Waals surface area contributed by atoms with Gasteiger partial charge in [-0.2, -0.15) is 13.2 Å². The van der Waals surface area contributed by atoms with Gasteiger partial charge >= 0.3 is 6.18 Å². The lowest BCUT2D eigenvalue weighted by molar-refractivity contribution is -0.137. The van der Waals surface area contributed by atoms with Crippen molar-refractivity contribution in [3.63, 3.8) is 0 Å². The molecule has 0 aliphatic rings. The van der Waals surface area contributed by atoms with Gasteiger partial charge < -0.3 is 0 Å². The van der Waals surface area contributed by atoms with Crippen molar-refractivity contribution in [1.82, 2.24) is 0 Å². The van der Waals surface area contributed by atoms with E-state index in [1.54, 1.807) is 27.7 Å². The number of nitrogens with zero attached hydrogens (tertiary/aromatic N) is 1. The monoisotopic (exact) mass is 287 g/mol. The first-order valence-corrected chi connectivity index (χ1v) is 6.00. The predicted molar refractivity (Wildman–Crippen MR) is 69.1 cm³/mol. The molecule has 0 aliphatic heterocycles. The second kappa shape index (κ2) is 5.00. The fraction of sp³-hybridized carbons (Fsp3) is 0.500. The largest absolute Gasteiger partial charge is 0.416 e. The van der Waals surface area contributed by atoms with Gasteiger partial charge in [0.2, 0.25) is 0 Å². The number of hydrogen-bond donors (Lipinski definition) is 0. The molecule has 1 aromatic carbocycles. The fourth-order valence-electron chi connectivity index (χ4n) is 1.82. The summed E-state index contributed by atoms with van der Waals surface area (Å²) in [5, 5.41) is 2.44. The SMILES string of the molecule is CC(C)(C(=O)N=O)C(C)(C)c1ccc(C(F)(F)F)cc1. The fourth-order valence-corrected chi connectivity index (χ4v) is 1.82. The van der Waals surface area contributed by atoms with Gasteiger partial charge in [0.25, 0.3) is 5.91 Å². The maximum atomic E-state index is 12.5. The summed E-state index contributed by atoms with van der Waals surface area (Å²) < 4.78 is 37.6. The summed E-state index contributed by atoms with van der Waals surface area (Å²) in [6, 6.07) is 4.57. The van der Waals surface area contributed by atoms with Gasteiger partial charge in [0.15, 0.2) is 0 Å². The second-order valence-electron chi connectivity index (χ2n) is 5.72. The molecular formula is C14H16F3NO2. The molecule has 0 atom stereocenters. The van der Waals surface area contributed by atoms with Crippen LogP contribution in [0.5, 0.6) is 0 Å². The molecule has 0 fully saturated rings. The van der Waals surface area contributed by atoms with E-state index in [0.717, 1.165) is 12.1 Å². The number of nitroso groups, excluding NO2 is 1. The minimum absolute atomic E-state index is 0.535. The maximum Gasteiger partial charge on any atom is 0.416 e. The van der Waals surface area contributed by atoms with Crippen LogP contribution in [0, 0.1) is 10.3 Å². The summed E-state index contributed by atoms with van der Waals surface area (Å²) in [5.41, 5.74) is -2.17. The van der Waals surface area contributed by atoms with E-state index < -0.39 is 28.5 Å². The summed E-state index contributed by atoms with van der Waals surface area (Å²) in [7, 11) is 0. The Bertz CT molecular complexity index is 516. The molecule has 1 rings (SSSR count). The van der Waals surface area contributed by atoms with E-state index in [4.69, 9.17) is 0 Å². The highest BCUT2D eigenvalue weighted by Gasteiger charge is 2.45. The van der Waals surface area contributed by atoms with Crippen LogP contribution in [0.2, 0.25) is 0 Å². The van der Waals surface area contributed by atoms with Crippen LogP contribution in [0.1, 0.15) is 38.8 Å². The third kappa shape index (κ3) is 2.73. The normalized spacial score (nSPS) is 13.2. The molecule has 20 heavy (non-hydrogen) atoms. The number of hydrogen-bond acceptors (Lipinski definition) is 2. The summed E-state index contributed by atoms with van der Waals surface area (Å²) in [6.45, 7) is 6.49. The van der Waals surface area contributed by atoms with Gasteiger partial charge in [0.05, 0.1) is 11.0 Å². The molecule has 0 aromatic heterocycles. The molecule has 110 valence electrons. The Kier molecular flexibility index (Phi) is 4.08. The Labute approximate surface area is 115 Å². The molecule has 0 bridgehead atoms. The van der Waals surface area contributed by atoms with Crippen LogP contribution < -0.4 is 0 Å². The molecule has 6 heteroatoms. The van der Waals surface area contributed by atoms with Crippen LogP contribution in [-0.2, 0) is 16.4 Å². The smallest absolute Gasteiger partial charge is 0.268 e. The zero-order valence-electron chi connectivity index (χ0n) is 11.7. The molecule has 0 aliphatic carbocycles. The summed E-state index contributed by atoms with van der Waals surface area (Å²) >= 11 is 0. The molecule has 1 amide bonds. The van der Waals surface area contributed by atoms with E-state index in [2.05, 4.69) is 5.18 Å². The predicted octanol–water partition coefficient (Wildman–Crippen LogP) is 4.30. The molecule has 0 unspecified atom stereocenters. The second-order valence-corrected chi connectivity index (χ2v) is 5.72. The highest BCUT2D eigenvalue weighted by molar-refractivity contribution is 5.84. The summed E-state index contributed by atoms with van der Waals surface area (Å²) in [6.07, 6.45) is -4.40. The first kappa shape index (κ1) is 16.3. The van der Waals surface area contributed by atoms with Crippen LogP contribution in [0.3, 0.4) is 0 Å². The Morgan fingerprint density at radius 2 is 1.35 bits per heavy atom. The lowest BCUT2D eigenvalue weighted by atomic mass is 9.63. The Morgan fingerprint density at radius 1 is 0.950 bits per heavy atom. The molecule has 0 saturated heterocycles. The molecule has 0 saturated carbocycles. The molecule has 0 heterocycles. The lowest BCUT2D eigenvalue weighted by Crippen LogP contribution is -2.42. The van der Waals surface area contributed by atoms with E-state index >= 15 is 0 Å². The standard InChI is InChI=1S/C14H16F3NO2/c1-12(2,13(3,4)11(19)18-20)9-5-7-10(8-6-9)14(15,16)17/h5-8H,1-4H3. The van der Waals surface area contributed by atoms with Gasteiger partial charge in [0.1, 0.15) is 0 Å². The van der Waals surface area contributed by atoms with Crippen molar-refractivity contribution in [2.24, 2.45) is 10.6 Å². The third-order valence-electron chi connectivity index (χ3n) is 4.11. The Balaban J connectivity index is 3.23. The van der Waals surface area contributed by atoms with Crippen molar-refractivity contribution in [3.8, 4) is 0 Å². The number of carbonyl (C=O) groups excluding carboxylic acids is 1. The van der Waals surface area contributed by atoms with Crippen LogP contribution >= 0.6 is 0 Å². The number of alkyl halides is 3. The minimum atomic E-state index is -4.40. The maximum absolute atomic E-state index is 12.5. The lowest BCUT2D eigenvalue weighted by Gasteiger charge is -2.38. The summed E-state index contributed by atoms with van der Waals surface area (Å²) in [5.74, 6) is -0.831. The quantitative estimate of drug-likeness (QED) is 0.778. The number of amides is 1. The highest BCUT2D eigenvalue weighted by atomic mass is 19.4. The molecule has 1 aromatic rings. The van der Waals surface area contributed by atoms with Crippen LogP contribution in [-0.4, -0.2) is 5.91 Å². The summed E-state index contributed by atoms with van der Waals surface area (Å²) in [4.78, 5) is 22.1. The molecule has 0 radical (unpaired) electrons. The third-order valence-corrected chi connectivity index (χ3v) is 4.11. The molecular weight excluding hydrogens is 271 g/mol. The topological polar surface area (TPSA) is 46.5 Å². The van der Waals surface area contributed by atoms with Crippen LogP contribution in [0.25, 0.3) is 0 Å². The first-order chi connectivity index (χ1) is 8.94. The van der Waals surface area contributed by atoms with Gasteiger partial charge in [-0.05, 0) is 31.5 Å². The van der Waals surface area contributed by atoms with E-state index in [0.29, 0.717) is 5.56 Å². The zero-order valence-corrected chi connectivity index (χ0v) is 11.7. The van der Waals surface area contributed by atoms with Gasteiger partial charge in [-0.3, -0.25) is 4.79 Å². The van der Waals surface area contributed by atoms with E-state index in [1.807, 2.05) is 0 Å². The van der Waals surface area contributed by atoms with Gasteiger partial charge in [0, 0.05) is 10.6 Å². The van der Waals surface area contributed by atoms with Crippen molar-refractivity contribution in [2.45, 2.75) is 39.3 Å². The van der Waals surface area contributed by atoms with Gasteiger partial charge in [-0.15, -0.1) is 4.91 Å². The highest BCUT2D eigenvalue weighted by Crippen LogP contribution is 2.43. The van der Waals surface area contributed by atoms with Crippen molar-refractivity contribution in [1.29, 1.82) is 0 Å². The van der Waals surface area contributed by atoms with Gasteiger partial charge in [-0.1, -0.05) is 26.0 Å². The molecule has 3 nitrogen and oxygen atoms in total. The Morgan fingerprint density at radius 3 is 1.70 bits per heavy atom. The van der Waals surface area contributed by atoms with E-state index in [-0.39, 0.29) is 0 Å². The van der Waals surface area contributed by atoms with E-state index in [1.165, 1.54) is 12.1 Å². The average Bonchev–Trinajstić information content (AvgIpc) is 2.36. The Hall–Kier alpha value is -1.72. The van der Waals surface area contributed by atoms with Crippen molar-refractivity contribution >= 4 is 5.91 Å². The molecule has 0 spiro atoms. The average molecular weight is 287 g/mol. The number of rotatable bonds is 3. The van der Waals surface area contributed by atoms with Gasteiger partial charge in [-0.25, -0.2) is 0 Å². The minimum Gasteiger partial charge on any atom is -0.268 e. The van der Waals surface area contributed by atoms with Crippen molar-refractivity contribution in [2.75, 3.05) is 0 Å². The first-order valence-electron chi connectivity index (χ1n) is 6.00. The zero-order chi connectivity index (χ0) is 15.8. The number of benzene rings is 1. The number of carbonyl (C=O) groups is 1. The van der Waals surface area contributed by atoms with Crippen molar-refractivity contribution in [3.05, 3.63) is 40.3 Å². The van der Waals surface area contributed by atoms with Crippen LogP contribution in [0.4, 0.5) is 13.2 Å². The molecule has 0 N–H and O–H groups in total.